The Morgan fingerprint density at radius 3 is 2.67 bits per heavy atom. The summed E-state index contributed by atoms with van der Waals surface area (Å²) in [5.74, 6) is 0. The molecule has 1 aromatic rings. The van der Waals surface area contributed by atoms with Crippen LogP contribution >= 0.6 is 22.6 Å². The predicted molar refractivity (Wildman–Crippen MR) is 51.1 cm³/mol. The predicted octanol–water partition coefficient (Wildman–Crippen LogP) is 2.51. The van der Waals surface area contributed by atoms with Crippen LogP contribution in [0.2, 0.25) is 0 Å². The van der Waals surface area contributed by atoms with Gasteiger partial charge in [-0.05, 0) is 35.6 Å². The van der Waals surface area contributed by atoms with E-state index in [-0.39, 0.29) is 5.69 Å². The molecular formula is C7H7F2IN2. The average Bonchev–Trinajstić information content (AvgIpc) is 1.96. The summed E-state index contributed by atoms with van der Waals surface area (Å²) in [6.07, 6.45) is -2.56. The summed E-state index contributed by atoms with van der Waals surface area (Å²) in [5, 5.41) is 0. The van der Waals surface area contributed by atoms with Gasteiger partial charge in [0.2, 0.25) is 0 Å². The standard InChI is InChI=1S/C7H7F2IN2/c1-3-2-4(11)5(10)6(12-3)7(8)9/h2,7H,1H3,(H2,11,12). The lowest BCUT2D eigenvalue weighted by Crippen LogP contribution is -2.01. The van der Waals surface area contributed by atoms with E-state index in [2.05, 4.69) is 4.98 Å². The topological polar surface area (TPSA) is 38.9 Å². The Bertz CT molecular complexity index is 302. The highest BCUT2D eigenvalue weighted by atomic mass is 127. The lowest BCUT2D eigenvalue weighted by molar-refractivity contribution is 0.145. The van der Waals surface area contributed by atoms with Crippen LogP contribution in [-0.2, 0) is 0 Å². The Morgan fingerprint density at radius 2 is 2.17 bits per heavy atom. The summed E-state index contributed by atoms with van der Waals surface area (Å²) in [7, 11) is 0. The summed E-state index contributed by atoms with van der Waals surface area (Å²) < 4.78 is 24.9. The Hall–Kier alpha value is -0.460. The third-order valence-electron chi connectivity index (χ3n) is 1.35. The maximum Gasteiger partial charge on any atom is 0.281 e. The van der Waals surface area contributed by atoms with Crippen molar-refractivity contribution >= 4 is 28.3 Å². The van der Waals surface area contributed by atoms with Crippen LogP contribution in [0.1, 0.15) is 17.8 Å². The lowest BCUT2D eigenvalue weighted by atomic mass is 10.3. The molecular weight excluding hydrogens is 277 g/mol. The van der Waals surface area contributed by atoms with Gasteiger partial charge >= 0.3 is 0 Å². The van der Waals surface area contributed by atoms with Gasteiger partial charge in [0.25, 0.3) is 6.43 Å². The molecule has 0 aromatic carbocycles. The molecule has 66 valence electrons. The largest absolute Gasteiger partial charge is 0.398 e. The van der Waals surface area contributed by atoms with E-state index < -0.39 is 6.43 Å². The van der Waals surface area contributed by atoms with Crippen LogP contribution in [0.3, 0.4) is 0 Å². The molecule has 0 aliphatic carbocycles. The molecule has 0 aliphatic rings. The number of nitrogen functional groups attached to an aromatic ring is 1. The summed E-state index contributed by atoms with van der Waals surface area (Å²) in [6, 6.07) is 1.58. The van der Waals surface area contributed by atoms with Crippen molar-refractivity contribution in [1.29, 1.82) is 0 Å². The second kappa shape index (κ2) is 3.51. The summed E-state index contributed by atoms with van der Waals surface area (Å²) in [4.78, 5) is 3.70. The van der Waals surface area contributed by atoms with Gasteiger partial charge in [-0.15, -0.1) is 0 Å². The fourth-order valence-corrected chi connectivity index (χ4v) is 1.36. The molecule has 2 nitrogen and oxygen atoms in total. The van der Waals surface area contributed by atoms with Gasteiger partial charge in [-0.2, -0.15) is 0 Å². The van der Waals surface area contributed by atoms with Gasteiger partial charge in [0.15, 0.2) is 0 Å². The molecule has 0 aliphatic heterocycles. The van der Waals surface area contributed by atoms with Crippen LogP contribution < -0.4 is 5.73 Å². The number of nitrogens with two attached hydrogens (primary N) is 1. The molecule has 1 aromatic heterocycles. The number of pyridine rings is 1. The Kier molecular flexibility index (Phi) is 2.81. The van der Waals surface area contributed by atoms with Crippen LogP contribution in [0.4, 0.5) is 14.5 Å². The Balaban J connectivity index is 3.28. The molecule has 5 heteroatoms. The third-order valence-corrected chi connectivity index (χ3v) is 2.52. The zero-order valence-electron chi connectivity index (χ0n) is 6.31. The average molecular weight is 284 g/mol. The zero-order valence-corrected chi connectivity index (χ0v) is 8.47. The number of rotatable bonds is 1. The number of alkyl halides is 2. The van der Waals surface area contributed by atoms with Crippen molar-refractivity contribution in [3.05, 3.63) is 21.0 Å². The Labute approximate surface area is 82.3 Å². The van der Waals surface area contributed by atoms with Gasteiger partial charge in [-0.3, -0.25) is 4.98 Å². The van der Waals surface area contributed by atoms with Gasteiger partial charge in [0.1, 0.15) is 5.69 Å². The van der Waals surface area contributed by atoms with Crippen LogP contribution in [-0.4, -0.2) is 4.98 Å². The molecule has 0 bridgehead atoms. The normalized spacial score (nSPS) is 10.8. The monoisotopic (exact) mass is 284 g/mol. The highest BCUT2D eigenvalue weighted by Crippen LogP contribution is 2.26. The number of aryl methyl sites for hydroxylation is 1. The first kappa shape index (κ1) is 9.63. The van der Waals surface area contributed by atoms with Gasteiger partial charge in [0, 0.05) is 11.4 Å². The first-order valence-electron chi connectivity index (χ1n) is 3.23. The molecule has 0 saturated heterocycles. The summed E-state index contributed by atoms with van der Waals surface area (Å²) in [6.45, 7) is 1.64. The zero-order chi connectivity index (χ0) is 9.30. The van der Waals surface area contributed by atoms with Crippen molar-refractivity contribution in [2.24, 2.45) is 0 Å². The van der Waals surface area contributed by atoms with Crippen molar-refractivity contribution in [1.82, 2.24) is 4.98 Å². The summed E-state index contributed by atoms with van der Waals surface area (Å²) in [5.41, 5.74) is 6.13. The number of nitrogens with zero attached hydrogens (tertiary/aromatic N) is 1. The van der Waals surface area contributed by atoms with E-state index in [0.717, 1.165) is 0 Å². The molecule has 12 heavy (non-hydrogen) atoms. The molecule has 0 saturated carbocycles. The van der Waals surface area contributed by atoms with Crippen LogP contribution in [0.5, 0.6) is 0 Å². The van der Waals surface area contributed by atoms with Crippen LogP contribution in [0, 0.1) is 10.5 Å². The van der Waals surface area contributed by atoms with Gasteiger partial charge < -0.3 is 5.73 Å². The van der Waals surface area contributed by atoms with Crippen molar-refractivity contribution in [2.45, 2.75) is 13.3 Å². The van der Waals surface area contributed by atoms with Crippen molar-refractivity contribution in [3.63, 3.8) is 0 Å². The molecule has 0 spiro atoms. The number of hydrogen-bond acceptors (Lipinski definition) is 2. The number of halogens is 3. The maximum absolute atomic E-state index is 12.3. The molecule has 2 N–H and O–H groups in total. The van der Waals surface area contributed by atoms with Crippen molar-refractivity contribution in [2.75, 3.05) is 5.73 Å². The molecule has 0 atom stereocenters. The van der Waals surface area contributed by atoms with E-state index in [0.29, 0.717) is 15.0 Å². The van der Waals surface area contributed by atoms with E-state index in [1.807, 2.05) is 0 Å². The van der Waals surface area contributed by atoms with Gasteiger partial charge in [-0.25, -0.2) is 8.78 Å². The lowest BCUT2D eigenvalue weighted by Gasteiger charge is -2.06. The molecule has 1 heterocycles. The minimum atomic E-state index is -2.56. The van der Waals surface area contributed by atoms with E-state index in [4.69, 9.17) is 5.73 Å². The first-order valence-corrected chi connectivity index (χ1v) is 4.31. The maximum atomic E-state index is 12.3. The van der Waals surface area contributed by atoms with E-state index >= 15 is 0 Å². The first-order chi connectivity index (χ1) is 5.52. The SMILES string of the molecule is Cc1cc(N)c(I)c(C(F)F)n1. The minimum Gasteiger partial charge on any atom is -0.398 e. The van der Waals surface area contributed by atoms with Crippen molar-refractivity contribution in [3.8, 4) is 0 Å². The van der Waals surface area contributed by atoms with Gasteiger partial charge in [0.05, 0.1) is 3.57 Å². The number of aromatic nitrogens is 1. The third kappa shape index (κ3) is 1.82. The second-order valence-corrected chi connectivity index (χ2v) is 3.43. The van der Waals surface area contributed by atoms with Crippen LogP contribution in [0.25, 0.3) is 0 Å². The molecule has 0 radical (unpaired) electrons. The van der Waals surface area contributed by atoms with E-state index in [1.54, 1.807) is 35.6 Å². The molecule has 0 fully saturated rings. The van der Waals surface area contributed by atoms with Crippen LogP contribution in [0.15, 0.2) is 6.07 Å². The molecule has 1 rings (SSSR count). The molecule has 0 unspecified atom stereocenters. The van der Waals surface area contributed by atoms with E-state index in [1.165, 1.54) is 0 Å². The minimum absolute atomic E-state index is 0.229. The summed E-state index contributed by atoms with van der Waals surface area (Å²) >= 11 is 1.77. The van der Waals surface area contributed by atoms with E-state index in [9.17, 15) is 8.78 Å². The second-order valence-electron chi connectivity index (χ2n) is 2.35. The fourth-order valence-electron chi connectivity index (χ4n) is 0.852. The fraction of sp³-hybridized carbons (Fsp3) is 0.286. The van der Waals surface area contributed by atoms with Crippen molar-refractivity contribution < 1.29 is 8.78 Å². The number of hydrogen-bond donors (Lipinski definition) is 1. The highest BCUT2D eigenvalue weighted by molar-refractivity contribution is 14.1. The smallest absolute Gasteiger partial charge is 0.281 e. The highest BCUT2D eigenvalue weighted by Gasteiger charge is 2.15. The molecule has 0 amide bonds. The van der Waals surface area contributed by atoms with Gasteiger partial charge in [-0.1, -0.05) is 0 Å². The quantitative estimate of drug-likeness (QED) is 0.805. The Morgan fingerprint density at radius 1 is 1.58 bits per heavy atom. The number of anilines is 1.